The second-order valence-corrected chi connectivity index (χ2v) is 5.86. The molecule has 4 heteroatoms. The van der Waals surface area contributed by atoms with Crippen LogP contribution in [0.1, 0.15) is 12.8 Å². The van der Waals surface area contributed by atoms with Crippen LogP contribution in [0.4, 0.5) is 0 Å². The number of carboxylic acids is 1. The van der Waals surface area contributed by atoms with E-state index in [1.807, 2.05) is 24.3 Å². The van der Waals surface area contributed by atoms with Gasteiger partial charge in [-0.2, -0.15) is 0 Å². The normalized spacial score (nSPS) is 24.6. The zero-order valence-electron chi connectivity index (χ0n) is 8.02. The lowest BCUT2D eigenvalue weighted by molar-refractivity contribution is -0.144. The zero-order chi connectivity index (χ0) is 10.8. The SMILES string of the molecule is O=C(O)C1CCC1Sc1ccc(Br)cc1. The van der Waals surface area contributed by atoms with E-state index in [1.54, 1.807) is 11.8 Å². The lowest BCUT2D eigenvalue weighted by Crippen LogP contribution is -2.35. The lowest BCUT2D eigenvalue weighted by atomic mass is 9.85. The molecular weight excluding hydrogens is 276 g/mol. The van der Waals surface area contributed by atoms with Crippen molar-refractivity contribution >= 4 is 33.7 Å². The minimum absolute atomic E-state index is 0.154. The molecule has 0 heterocycles. The van der Waals surface area contributed by atoms with Crippen molar-refractivity contribution in [3.8, 4) is 0 Å². The molecule has 0 spiro atoms. The summed E-state index contributed by atoms with van der Waals surface area (Å²) in [4.78, 5) is 12.0. The lowest BCUT2D eigenvalue weighted by Gasteiger charge is -2.32. The van der Waals surface area contributed by atoms with Gasteiger partial charge in [0.1, 0.15) is 0 Å². The first-order valence-electron chi connectivity index (χ1n) is 4.82. The van der Waals surface area contributed by atoms with Gasteiger partial charge in [-0.05, 0) is 37.1 Å². The van der Waals surface area contributed by atoms with E-state index in [2.05, 4.69) is 15.9 Å². The van der Waals surface area contributed by atoms with Crippen LogP contribution in [0.5, 0.6) is 0 Å². The quantitative estimate of drug-likeness (QED) is 0.925. The number of carboxylic acid groups (broad SMARTS) is 1. The van der Waals surface area contributed by atoms with Gasteiger partial charge in [-0.25, -0.2) is 0 Å². The molecule has 1 aromatic carbocycles. The molecule has 1 N–H and O–H groups in total. The maximum absolute atomic E-state index is 10.8. The van der Waals surface area contributed by atoms with E-state index >= 15 is 0 Å². The molecule has 1 aromatic rings. The number of benzene rings is 1. The Labute approximate surface area is 101 Å². The number of halogens is 1. The summed E-state index contributed by atoms with van der Waals surface area (Å²) in [5, 5.41) is 9.16. The molecule has 0 amide bonds. The monoisotopic (exact) mass is 286 g/mol. The number of carbonyl (C=O) groups is 1. The van der Waals surface area contributed by atoms with Gasteiger partial charge in [-0.3, -0.25) is 4.79 Å². The first-order valence-corrected chi connectivity index (χ1v) is 6.49. The van der Waals surface area contributed by atoms with Crippen LogP contribution in [0, 0.1) is 5.92 Å². The van der Waals surface area contributed by atoms with Crippen LogP contribution >= 0.6 is 27.7 Å². The highest BCUT2D eigenvalue weighted by Crippen LogP contribution is 2.41. The van der Waals surface area contributed by atoms with Crippen molar-refractivity contribution in [3.63, 3.8) is 0 Å². The number of hydrogen-bond donors (Lipinski definition) is 1. The van der Waals surface area contributed by atoms with E-state index in [0.717, 1.165) is 22.2 Å². The maximum atomic E-state index is 10.8. The van der Waals surface area contributed by atoms with E-state index in [9.17, 15) is 4.79 Å². The van der Waals surface area contributed by atoms with Gasteiger partial charge in [0.05, 0.1) is 5.92 Å². The third kappa shape index (κ3) is 2.55. The highest BCUT2D eigenvalue weighted by atomic mass is 79.9. The van der Waals surface area contributed by atoms with Crippen molar-refractivity contribution in [2.45, 2.75) is 23.0 Å². The summed E-state index contributed by atoms with van der Waals surface area (Å²) in [7, 11) is 0. The Morgan fingerprint density at radius 1 is 1.33 bits per heavy atom. The molecule has 1 aliphatic carbocycles. The highest BCUT2D eigenvalue weighted by molar-refractivity contribution is 9.10. The van der Waals surface area contributed by atoms with E-state index in [4.69, 9.17) is 5.11 Å². The molecular formula is C11H11BrO2S. The molecule has 2 nitrogen and oxygen atoms in total. The fraction of sp³-hybridized carbons (Fsp3) is 0.364. The van der Waals surface area contributed by atoms with Crippen LogP contribution in [0.15, 0.2) is 33.6 Å². The maximum Gasteiger partial charge on any atom is 0.307 e. The third-order valence-electron chi connectivity index (χ3n) is 2.63. The molecule has 0 bridgehead atoms. The molecule has 2 atom stereocenters. The Hall–Kier alpha value is -0.480. The van der Waals surface area contributed by atoms with E-state index in [-0.39, 0.29) is 11.2 Å². The van der Waals surface area contributed by atoms with Crippen LogP contribution in [0.25, 0.3) is 0 Å². The summed E-state index contributed by atoms with van der Waals surface area (Å²) in [6.45, 7) is 0. The van der Waals surface area contributed by atoms with Crippen molar-refractivity contribution in [3.05, 3.63) is 28.7 Å². The minimum atomic E-state index is -0.657. The van der Waals surface area contributed by atoms with Crippen LogP contribution in [-0.4, -0.2) is 16.3 Å². The molecule has 15 heavy (non-hydrogen) atoms. The fourth-order valence-corrected chi connectivity index (χ4v) is 3.16. The van der Waals surface area contributed by atoms with Crippen LogP contribution < -0.4 is 0 Å². The van der Waals surface area contributed by atoms with Gasteiger partial charge in [0.2, 0.25) is 0 Å². The van der Waals surface area contributed by atoms with Gasteiger partial charge in [0.25, 0.3) is 0 Å². The minimum Gasteiger partial charge on any atom is -0.481 e. The molecule has 1 aliphatic rings. The van der Waals surface area contributed by atoms with Gasteiger partial charge >= 0.3 is 5.97 Å². The van der Waals surface area contributed by atoms with E-state index < -0.39 is 5.97 Å². The topological polar surface area (TPSA) is 37.3 Å². The van der Waals surface area contributed by atoms with Gasteiger partial charge in [0.15, 0.2) is 0 Å². The van der Waals surface area contributed by atoms with Crippen LogP contribution in [0.2, 0.25) is 0 Å². The molecule has 0 saturated heterocycles. The van der Waals surface area contributed by atoms with E-state index in [0.29, 0.717) is 0 Å². The summed E-state index contributed by atoms with van der Waals surface area (Å²) in [5.74, 6) is -0.811. The molecule has 0 aliphatic heterocycles. The summed E-state index contributed by atoms with van der Waals surface area (Å²) in [5.41, 5.74) is 0. The molecule has 0 radical (unpaired) electrons. The summed E-state index contributed by atoms with van der Waals surface area (Å²) in [6.07, 6.45) is 1.83. The van der Waals surface area contributed by atoms with E-state index in [1.165, 1.54) is 0 Å². The van der Waals surface area contributed by atoms with Crippen LogP contribution in [0.3, 0.4) is 0 Å². The van der Waals surface area contributed by atoms with Gasteiger partial charge in [-0.15, -0.1) is 11.8 Å². The average Bonchev–Trinajstić information content (AvgIpc) is 2.14. The van der Waals surface area contributed by atoms with Crippen molar-refractivity contribution in [2.24, 2.45) is 5.92 Å². The Morgan fingerprint density at radius 2 is 2.00 bits per heavy atom. The highest BCUT2D eigenvalue weighted by Gasteiger charge is 2.37. The molecule has 0 aromatic heterocycles. The van der Waals surface area contributed by atoms with Gasteiger partial charge < -0.3 is 5.11 Å². The van der Waals surface area contributed by atoms with Crippen molar-refractivity contribution in [1.29, 1.82) is 0 Å². The number of thioether (sulfide) groups is 1. The molecule has 1 saturated carbocycles. The molecule has 1 fully saturated rings. The fourth-order valence-electron chi connectivity index (χ4n) is 1.58. The van der Waals surface area contributed by atoms with Gasteiger partial charge in [-0.1, -0.05) is 15.9 Å². The van der Waals surface area contributed by atoms with Crippen molar-refractivity contribution in [1.82, 2.24) is 0 Å². The first kappa shape index (κ1) is 11.0. The number of hydrogen-bond acceptors (Lipinski definition) is 2. The molecule has 2 unspecified atom stereocenters. The number of rotatable bonds is 3. The predicted octanol–water partition coefficient (Wildman–Crippen LogP) is 3.40. The summed E-state index contributed by atoms with van der Waals surface area (Å²) < 4.78 is 1.05. The van der Waals surface area contributed by atoms with Crippen LogP contribution in [-0.2, 0) is 4.79 Å². The standard InChI is InChI=1S/C11H11BrO2S/c12-7-1-3-8(4-2-7)15-10-6-5-9(10)11(13)14/h1-4,9-10H,5-6H2,(H,13,14). The Morgan fingerprint density at radius 3 is 2.47 bits per heavy atom. The van der Waals surface area contributed by atoms with Crippen molar-refractivity contribution < 1.29 is 9.90 Å². The van der Waals surface area contributed by atoms with Crippen molar-refractivity contribution in [2.75, 3.05) is 0 Å². The largest absolute Gasteiger partial charge is 0.481 e. The van der Waals surface area contributed by atoms with Gasteiger partial charge in [0, 0.05) is 14.6 Å². The number of aliphatic carboxylic acids is 1. The second kappa shape index (κ2) is 4.58. The average molecular weight is 287 g/mol. The Balaban J connectivity index is 1.97. The predicted molar refractivity (Wildman–Crippen MR) is 64.1 cm³/mol. The zero-order valence-corrected chi connectivity index (χ0v) is 10.4. The second-order valence-electron chi connectivity index (χ2n) is 3.63. The summed E-state index contributed by atoms with van der Waals surface area (Å²) in [6, 6.07) is 8.01. The Kier molecular flexibility index (Phi) is 3.36. The third-order valence-corrected chi connectivity index (χ3v) is 4.57. The summed E-state index contributed by atoms with van der Waals surface area (Å²) >= 11 is 5.05. The Bertz CT molecular complexity index is 363. The first-order chi connectivity index (χ1) is 7.16. The molecule has 2 rings (SSSR count). The smallest absolute Gasteiger partial charge is 0.307 e. The molecule has 80 valence electrons.